The lowest BCUT2D eigenvalue weighted by Gasteiger charge is -2.43. The monoisotopic (exact) mass is 362 g/mol. The van der Waals surface area contributed by atoms with Crippen LogP contribution in [0.4, 0.5) is 0 Å². The average Bonchev–Trinajstić information content (AvgIpc) is 2.48. The normalized spacial score (nSPS) is 28.6. The van der Waals surface area contributed by atoms with Crippen LogP contribution in [0.25, 0.3) is 0 Å². The Kier molecular flexibility index (Phi) is 7.78. The van der Waals surface area contributed by atoms with E-state index in [0.29, 0.717) is 0 Å². The molecule has 1 aliphatic rings. The van der Waals surface area contributed by atoms with Crippen molar-refractivity contribution in [3.63, 3.8) is 0 Å². The molecule has 1 rings (SSSR count). The van der Waals surface area contributed by atoms with Gasteiger partial charge in [-0.05, 0) is 0 Å². The molecule has 0 N–H and O–H groups in total. The quantitative estimate of drug-likeness (QED) is 0.460. The molecule has 0 aromatic rings. The van der Waals surface area contributed by atoms with E-state index in [-0.39, 0.29) is 6.61 Å². The second-order valence-electron chi connectivity index (χ2n) is 5.30. The number of carbonyl (C=O) groups excluding carboxylic acids is 4. The van der Waals surface area contributed by atoms with E-state index in [0.717, 1.165) is 20.8 Å². The van der Waals surface area contributed by atoms with Gasteiger partial charge in [0, 0.05) is 34.8 Å². The highest BCUT2D eigenvalue weighted by molar-refractivity contribution is 5.68. The van der Waals surface area contributed by atoms with Gasteiger partial charge in [0.25, 0.3) is 0 Å². The van der Waals surface area contributed by atoms with Crippen LogP contribution in [0, 0.1) is 0 Å². The van der Waals surface area contributed by atoms with E-state index >= 15 is 0 Å². The van der Waals surface area contributed by atoms with Crippen LogP contribution in [-0.2, 0) is 47.6 Å². The molecule has 1 saturated heterocycles. The summed E-state index contributed by atoms with van der Waals surface area (Å²) >= 11 is 0. The maximum absolute atomic E-state index is 11.5. The smallest absolute Gasteiger partial charge is 0.303 e. The molecular weight excluding hydrogens is 340 g/mol. The lowest BCUT2D eigenvalue weighted by Crippen LogP contribution is -2.62. The Balaban J connectivity index is 3.18. The maximum atomic E-state index is 11.5. The van der Waals surface area contributed by atoms with E-state index < -0.39 is 54.6 Å². The van der Waals surface area contributed by atoms with Gasteiger partial charge in [0.05, 0.1) is 0 Å². The van der Waals surface area contributed by atoms with Crippen molar-refractivity contribution in [2.75, 3.05) is 13.7 Å². The second kappa shape index (κ2) is 9.33. The number of carbonyl (C=O) groups is 4. The van der Waals surface area contributed by atoms with Crippen LogP contribution in [0.1, 0.15) is 27.7 Å². The lowest BCUT2D eigenvalue weighted by atomic mass is 9.98. The zero-order valence-electron chi connectivity index (χ0n) is 14.7. The standard InChI is InChI=1S/C15H22O10/c1-7(16)21-6-11-12(22-8(2)17)13(23-9(3)18)14(24-10(4)19)15(20-5)25-11/h11-15H,6H2,1-5H3/t11-,12-,13+,14+,15-/m1/s1. The van der Waals surface area contributed by atoms with Crippen molar-refractivity contribution in [1.82, 2.24) is 0 Å². The van der Waals surface area contributed by atoms with E-state index in [1.54, 1.807) is 0 Å². The van der Waals surface area contributed by atoms with E-state index in [1.165, 1.54) is 14.0 Å². The first-order chi connectivity index (χ1) is 11.6. The Morgan fingerprint density at radius 1 is 0.760 bits per heavy atom. The molecule has 1 fully saturated rings. The fourth-order valence-electron chi connectivity index (χ4n) is 2.38. The Bertz CT molecular complexity index is 516. The summed E-state index contributed by atoms with van der Waals surface area (Å²) in [6.45, 7) is 4.37. The summed E-state index contributed by atoms with van der Waals surface area (Å²) < 4.78 is 31.1. The van der Waals surface area contributed by atoms with Crippen LogP contribution in [0.2, 0.25) is 0 Å². The van der Waals surface area contributed by atoms with Crippen molar-refractivity contribution in [3.05, 3.63) is 0 Å². The molecule has 10 heteroatoms. The van der Waals surface area contributed by atoms with Crippen LogP contribution in [0.15, 0.2) is 0 Å². The minimum atomic E-state index is -1.20. The highest BCUT2D eigenvalue weighted by Gasteiger charge is 2.52. The van der Waals surface area contributed by atoms with Gasteiger partial charge in [0.15, 0.2) is 24.6 Å². The van der Waals surface area contributed by atoms with E-state index in [9.17, 15) is 19.2 Å². The largest absolute Gasteiger partial charge is 0.463 e. The van der Waals surface area contributed by atoms with Crippen LogP contribution in [0.3, 0.4) is 0 Å². The molecule has 1 aliphatic heterocycles. The number of esters is 4. The van der Waals surface area contributed by atoms with Gasteiger partial charge in [-0.1, -0.05) is 0 Å². The van der Waals surface area contributed by atoms with Gasteiger partial charge in [-0.25, -0.2) is 0 Å². The van der Waals surface area contributed by atoms with Crippen LogP contribution < -0.4 is 0 Å². The number of ether oxygens (including phenoxy) is 6. The molecule has 0 unspecified atom stereocenters. The first kappa shape index (κ1) is 20.8. The molecule has 0 radical (unpaired) electrons. The first-order valence-electron chi connectivity index (χ1n) is 7.49. The van der Waals surface area contributed by atoms with Gasteiger partial charge in [0.1, 0.15) is 12.7 Å². The van der Waals surface area contributed by atoms with Crippen LogP contribution >= 0.6 is 0 Å². The molecular formula is C15H22O10. The molecule has 5 atom stereocenters. The molecule has 0 aromatic carbocycles. The number of hydrogen-bond acceptors (Lipinski definition) is 10. The Morgan fingerprint density at radius 2 is 1.24 bits per heavy atom. The van der Waals surface area contributed by atoms with Gasteiger partial charge in [-0.2, -0.15) is 0 Å². The third kappa shape index (κ3) is 6.31. The SMILES string of the molecule is CO[C@@H]1O[C@H](COC(C)=O)[C@@H](OC(C)=O)[C@H](OC(C)=O)[C@@H]1OC(C)=O. The minimum absolute atomic E-state index is 0.280. The third-order valence-corrected chi connectivity index (χ3v) is 3.18. The Morgan fingerprint density at radius 3 is 1.68 bits per heavy atom. The molecule has 25 heavy (non-hydrogen) atoms. The molecule has 0 amide bonds. The zero-order valence-corrected chi connectivity index (χ0v) is 14.7. The van der Waals surface area contributed by atoms with E-state index in [2.05, 4.69) is 0 Å². The van der Waals surface area contributed by atoms with Crippen molar-refractivity contribution in [3.8, 4) is 0 Å². The highest BCUT2D eigenvalue weighted by atomic mass is 16.7. The van der Waals surface area contributed by atoms with Crippen LogP contribution in [0.5, 0.6) is 0 Å². The highest BCUT2D eigenvalue weighted by Crippen LogP contribution is 2.29. The summed E-state index contributed by atoms with van der Waals surface area (Å²) in [7, 11) is 1.29. The summed E-state index contributed by atoms with van der Waals surface area (Å²) in [5, 5.41) is 0. The Labute approximate surface area is 144 Å². The summed E-state index contributed by atoms with van der Waals surface area (Å²) in [5.41, 5.74) is 0. The van der Waals surface area contributed by atoms with E-state index in [4.69, 9.17) is 28.4 Å². The van der Waals surface area contributed by atoms with Crippen molar-refractivity contribution >= 4 is 23.9 Å². The zero-order chi connectivity index (χ0) is 19.1. The van der Waals surface area contributed by atoms with Gasteiger partial charge < -0.3 is 28.4 Å². The van der Waals surface area contributed by atoms with Gasteiger partial charge >= 0.3 is 23.9 Å². The average molecular weight is 362 g/mol. The second-order valence-corrected chi connectivity index (χ2v) is 5.30. The predicted octanol–water partition coefficient (Wildman–Crippen LogP) is -0.284. The van der Waals surface area contributed by atoms with Crippen molar-refractivity contribution in [1.29, 1.82) is 0 Å². The van der Waals surface area contributed by atoms with Crippen molar-refractivity contribution < 1.29 is 47.6 Å². The number of hydrogen-bond donors (Lipinski definition) is 0. The molecule has 10 nitrogen and oxygen atoms in total. The molecule has 1 heterocycles. The minimum Gasteiger partial charge on any atom is -0.463 e. The number of methoxy groups -OCH3 is 1. The lowest BCUT2D eigenvalue weighted by molar-refractivity contribution is -0.302. The topological polar surface area (TPSA) is 124 Å². The van der Waals surface area contributed by atoms with E-state index in [1.807, 2.05) is 0 Å². The van der Waals surface area contributed by atoms with Gasteiger partial charge in [-0.15, -0.1) is 0 Å². The van der Waals surface area contributed by atoms with Crippen molar-refractivity contribution in [2.24, 2.45) is 0 Å². The summed E-state index contributed by atoms with van der Waals surface area (Å²) in [6.07, 6.45) is -5.67. The first-order valence-corrected chi connectivity index (χ1v) is 7.49. The van der Waals surface area contributed by atoms with Gasteiger partial charge in [-0.3, -0.25) is 19.2 Å². The third-order valence-electron chi connectivity index (χ3n) is 3.18. The summed E-state index contributed by atoms with van der Waals surface area (Å²) in [6, 6.07) is 0. The summed E-state index contributed by atoms with van der Waals surface area (Å²) in [4.78, 5) is 45.4. The molecule has 0 aliphatic carbocycles. The molecule has 142 valence electrons. The molecule has 0 aromatic heterocycles. The molecule has 0 saturated carbocycles. The molecule has 0 spiro atoms. The maximum Gasteiger partial charge on any atom is 0.303 e. The Hall–Kier alpha value is -2.20. The van der Waals surface area contributed by atoms with Gasteiger partial charge in [0.2, 0.25) is 0 Å². The van der Waals surface area contributed by atoms with Crippen LogP contribution in [-0.4, -0.2) is 68.3 Å². The van der Waals surface area contributed by atoms with Crippen molar-refractivity contribution in [2.45, 2.75) is 58.4 Å². The molecule has 0 bridgehead atoms. The predicted molar refractivity (Wildman–Crippen MR) is 79.0 cm³/mol. The fraction of sp³-hybridized carbons (Fsp3) is 0.733. The fourth-order valence-corrected chi connectivity index (χ4v) is 2.38. The number of rotatable bonds is 6. The summed E-state index contributed by atoms with van der Waals surface area (Å²) in [5.74, 6) is -2.63.